The zero-order chi connectivity index (χ0) is 19.4. The average Bonchev–Trinajstić information content (AvgIpc) is 2.61. The van der Waals surface area contributed by atoms with Crippen LogP contribution in [0.15, 0.2) is 48.5 Å². The number of nitrogens with one attached hydrogen (secondary N) is 2. The third-order valence-electron chi connectivity index (χ3n) is 3.70. The predicted molar refractivity (Wildman–Crippen MR) is 104 cm³/mol. The maximum atomic E-state index is 11.4. The molecule has 0 saturated heterocycles. The van der Waals surface area contributed by atoms with Crippen molar-refractivity contribution in [2.75, 3.05) is 23.5 Å². The van der Waals surface area contributed by atoms with Crippen molar-refractivity contribution in [1.82, 2.24) is 9.97 Å². The number of nitrogens with zero attached hydrogens (tertiary/aromatic N) is 3. The number of hydrogen-bond acceptors (Lipinski definition) is 8. The molecule has 0 atom stereocenters. The molecule has 3 aromatic rings. The zero-order valence-electron chi connectivity index (χ0n) is 14.8. The summed E-state index contributed by atoms with van der Waals surface area (Å²) in [5.41, 5.74) is 7.75. The van der Waals surface area contributed by atoms with Gasteiger partial charge in [-0.05, 0) is 36.8 Å². The van der Waals surface area contributed by atoms with Crippen molar-refractivity contribution in [3.8, 4) is 5.75 Å². The Morgan fingerprint density at radius 3 is 2.44 bits per heavy atom. The summed E-state index contributed by atoms with van der Waals surface area (Å²) in [6.07, 6.45) is 0. The van der Waals surface area contributed by atoms with Gasteiger partial charge in [0.2, 0.25) is 17.6 Å². The monoisotopic (exact) mass is 366 g/mol. The van der Waals surface area contributed by atoms with Crippen molar-refractivity contribution in [3.63, 3.8) is 0 Å². The topological polar surface area (TPSA) is 128 Å². The van der Waals surface area contributed by atoms with E-state index in [9.17, 15) is 10.1 Å². The fourth-order valence-electron chi connectivity index (χ4n) is 2.48. The SMILES string of the molecule is COc1cccc(Nc2nc(N)c([N+](=O)[O-])c(Nc3cccc(C)c3)n2)c1. The molecular weight excluding hydrogens is 348 g/mol. The third-order valence-corrected chi connectivity index (χ3v) is 3.70. The molecule has 1 heterocycles. The smallest absolute Gasteiger partial charge is 0.353 e. The van der Waals surface area contributed by atoms with Crippen LogP contribution in [0.5, 0.6) is 5.75 Å². The van der Waals surface area contributed by atoms with Gasteiger partial charge in [-0.1, -0.05) is 18.2 Å². The first-order chi connectivity index (χ1) is 13.0. The molecule has 0 unspecified atom stereocenters. The van der Waals surface area contributed by atoms with E-state index in [1.165, 1.54) is 0 Å². The largest absolute Gasteiger partial charge is 0.497 e. The Hall–Kier alpha value is -3.88. The lowest BCUT2D eigenvalue weighted by Gasteiger charge is -2.11. The highest BCUT2D eigenvalue weighted by Crippen LogP contribution is 2.32. The first kappa shape index (κ1) is 17.9. The highest BCUT2D eigenvalue weighted by Gasteiger charge is 2.23. The van der Waals surface area contributed by atoms with Crippen LogP contribution in [0.2, 0.25) is 0 Å². The number of aryl methyl sites for hydroxylation is 1. The lowest BCUT2D eigenvalue weighted by molar-refractivity contribution is -0.383. The molecule has 27 heavy (non-hydrogen) atoms. The molecule has 3 rings (SSSR count). The molecule has 0 radical (unpaired) electrons. The molecule has 138 valence electrons. The van der Waals surface area contributed by atoms with Crippen molar-refractivity contribution in [3.05, 3.63) is 64.2 Å². The van der Waals surface area contributed by atoms with E-state index < -0.39 is 4.92 Å². The Morgan fingerprint density at radius 2 is 1.78 bits per heavy atom. The minimum atomic E-state index is -0.608. The standard InChI is InChI=1S/C18H18N6O3/c1-11-5-3-6-12(9-11)20-17-15(24(25)26)16(19)22-18(23-17)21-13-7-4-8-14(10-13)27-2/h3-10H,1-2H3,(H4,19,20,21,22,23). The molecule has 0 spiro atoms. The van der Waals surface area contributed by atoms with Gasteiger partial charge in [0.1, 0.15) is 5.75 Å². The first-order valence-corrected chi connectivity index (χ1v) is 8.03. The number of nitrogens with two attached hydrogens (primary N) is 1. The number of nitrogen functional groups attached to an aromatic ring is 1. The molecule has 2 aromatic carbocycles. The molecule has 0 aliphatic heterocycles. The molecule has 9 nitrogen and oxygen atoms in total. The number of rotatable bonds is 6. The van der Waals surface area contributed by atoms with Crippen LogP contribution >= 0.6 is 0 Å². The third kappa shape index (κ3) is 4.21. The fourth-order valence-corrected chi connectivity index (χ4v) is 2.48. The van der Waals surface area contributed by atoms with Crippen LogP contribution in [0.25, 0.3) is 0 Å². The van der Waals surface area contributed by atoms with Gasteiger partial charge in [0.25, 0.3) is 0 Å². The number of hydrogen-bond donors (Lipinski definition) is 3. The van der Waals surface area contributed by atoms with Gasteiger partial charge >= 0.3 is 5.69 Å². The van der Waals surface area contributed by atoms with E-state index in [0.29, 0.717) is 17.1 Å². The molecule has 0 aliphatic carbocycles. The minimum Gasteiger partial charge on any atom is -0.497 e. The van der Waals surface area contributed by atoms with Crippen LogP contribution in [0.1, 0.15) is 5.56 Å². The van der Waals surface area contributed by atoms with Gasteiger partial charge in [0, 0.05) is 17.4 Å². The average molecular weight is 366 g/mol. The van der Waals surface area contributed by atoms with E-state index in [0.717, 1.165) is 5.56 Å². The Morgan fingerprint density at radius 1 is 1.07 bits per heavy atom. The summed E-state index contributed by atoms with van der Waals surface area (Å²) in [6, 6.07) is 14.5. The quantitative estimate of drug-likeness (QED) is 0.444. The molecule has 0 aliphatic rings. The molecule has 0 amide bonds. The Bertz CT molecular complexity index is 993. The van der Waals surface area contributed by atoms with Gasteiger partial charge in [-0.2, -0.15) is 9.97 Å². The number of nitro groups is 1. The summed E-state index contributed by atoms with van der Waals surface area (Å²) >= 11 is 0. The number of aromatic nitrogens is 2. The van der Waals surface area contributed by atoms with Crippen molar-refractivity contribution in [1.29, 1.82) is 0 Å². The van der Waals surface area contributed by atoms with E-state index in [4.69, 9.17) is 10.5 Å². The van der Waals surface area contributed by atoms with Crippen LogP contribution in [-0.2, 0) is 0 Å². The van der Waals surface area contributed by atoms with Gasteiger partial charge in [-0.25, -0.2) is 0 Å². The summed E-state index contributed by atoms with van der Waals surface area (Å²) in [6.45, 7) is 1.92. The first-order valence-electron chi connectivity index (χ1n) is 8.03. The number of benzene rings is 2. The van der Waals surface area contributed by atoms with Gasteiger partial charge in [0.15, 0.2) is 0 Å². The molecule has 0 saturated carbocycles. The van der Waals surface area contributed by atoms with Gasteiger partial charge in [-0.15, -0.1) is 0 Å². The predicted octanol–water partition coefficient (Wildman–Crippen LogP) is 3.77. The minimum absolute atomic E-state index is 0.00324. The van der Waals surface area contributed by atoms with E-state index in [1.54, 1.807) is 37.4 Å². The lowest BCUT2D eigenvalue weighted by Crippen LogP contribution is -2.08. The molecule has 0 fully saturated rings. The van der Waals surface area contributed by atoms with Crippen LogP contribution in [0.3, 0.4) is 0 Å². The highest BCUT2D eigenvalue weighted by atomic mass is 16.6. The van der Waals surface area contributed by atoms with Crippen molar-refractivity contribution < 1.29 is 9.66 Å². The number of methoxy groups -OCH3 is 1. The van der Waals surface area contributed by atoms with E-state index >= 15 is 0 Å². The van der Waals surface area contributed by atoms with Gasteiger partial charge in [-0.3, -0.25) is 10.1 Å². The van der Waals surface area contributed by atoms with Crippen molar-refractivity contribution in [2.24, 2.45) is 0 Å². The summed E-state index contributed by atoms with van der Waals surface area (Å²) in [7, 11) is 1.56. The second-order valence-electron chi connectivity index (χ2n) is 5.74. The summed E-state index contributed by atoms with van der Waals surface area (Å²) < 4.78 is 5.17. The second-order valence-corrected chi connectivity index (χ2v) is 5.74. The Balaban J connectivity index is 1.98. The van der Waals surface area contributed by atoms with Crippen LogP contribution < -0.4 is 21.1 Å². The van der Waals surface area contributed by atoms with Crippen molar-refractivity contribution >= 4 is 34.6 Å². The molecule has 4 N–H and O–H groups in total. The number of anilines is 5. The second kappa shape index (κ2) is 7.56. The van der Waals surface area contributed by atoms with Gasteiger partial charge in [0.05, 0.1) is 12.0 Å². The normalized spacial score (nSPS) is 10.3. The molecule has 1 aromatic heterocycles. The maximum absolute atomic E-state index is 11.4. The van der Waals surface area contributed by atoms with E-state index in [-0.39, 0.29) is 23.3 Å². The fraction of sp³-hybridized carbons (Fsp3) is 0.111. The summed E-state index contributed by atoms with van der Waals surface area (Å²) in [4.78, 5) is 19.0. The maximum Gasteiger partial charge on any atom is 0.353 e. The molecule has 0 bridgehead atoms. The lowest BCUT2D eigenvalue weighted by atomic mass is 10.2. The molecular formula is C18H18N6O3. The van der Waals surface area contributed by atoms with Gasteiger partial charge < -0.3 is 21.1 Å². The number of ether oxygens (including phenoxy) is 1. The Kier molecular flexibility index (Phi) is 5.02. The molecule has 9 heteroatoms. The van der Waals surface area contributed by atoms with Crippen LogP contribution in [0.4, 0.5) is 34.6 Å². The zero-order valence-corrected chi connectivity index (χ0v) is 14.8. The summed E-state index contributed by atoms with van der Waals surface area (Å²) in [5.74, 6) is 0.536. The van der Waals surface area contributed by atoms with Crippen LogP contribution in [0, 0.1) is 17.0 Å². The van der Waals surface area contributed by atoms with Crippen molar-refractivity contribution in [2.45, 2.75) is 6.92 Å². The van der Waals surface area contributed by atoms with E-state index in [2.05, 4.69) is 20.6 Å². The van der Waals surface area contributed by atoms with Crippen LogP contribution in [-0.4, -0.2) is 22.0 Å². The summed E-state index contributed by atoms with van der Waals surface area (Å²) in [5, 5.41) is 17.3. The highest BCUT2D eigenvalue weighted by molar-refractivity contribution is 5.75. The van der Waals surface area contributed by atoms with E-state index in [1.807, 2.05) is 25.1 Å². The Labute approximate surface area is 155 Å².